The molecule has 16 heavy (non-hydrogen) atoms. The second kappa shape index (κ2) is 7.74. The van der Waals surface area contributed by atoms with E-state index in [9.17, 15) is 9.59 Å². The van der Waals surface area contributed by atoms with Gasteiger partial charge in [0.25, 0.3) is 0 Å². The molecule has 0 unspecified atom stereocenters. The van der Waals surface area contributed by atoms with Crippen molar-refractivity contribution in [2.45, 2.75) is 40.5 Å². The van der Waals surface area contributed by atoms with E-state index in [4.69, 9.17) is 0 Å². The SMILES string of the molecule is CC(=O)CC/C=C/C(C)=C\N=C(C)C(C)=O. The third kappa shape index (κ3) is 7.85. The molecule has 0 aliphatic heterocycles. The van der Waals surface area contributed by atoms with Gasteiger partial charge in [-0.2, -0.15) is 0 Å². The molecule has 0 aromatic heterocycles. The maximum atomic E-state index is 10.9. The van der Waals surface area contributed by atoms with Crippen LogP contribution in [-0.4, -0.2) is 17.3 Å². The van der Waals surface area contributed by atoms with Crippen LogP contribution in [-0.2, 0) is 9.59 Å². The molecule has 0 aromatic carbocycles. The van der Waals surface area contributed by atoms with Gasteiger partial charge in [-0.1, -0.05) is 12.2 Å². The molecule has 0 saturated carbocycles. The summed E-state index contributed by atoms with van der Waals surface area (Å²) in [6, 6.07) is 0. The van der Waals surface area contributed by atoms with Crippen molar-refractivity contribution in [3.8, 4) is 0 Å². The maximum Gasteiger partial charge on any atom is 0.173 e. The van der Waals surface area contributed by atoms with Gasteiger partial charge in [0.1, 0.15) is 5.78 Å². The van der Waals surface area contributed by atoms with E-state index in [-0.39, 0.29) is 11.6 Å². The Bertz CT molecular complexity index is 349. The minimum Gasteiger partial charge on any atom is -0.300 e. The number of hydrogen-bond acceptors (Lipinski definition) is 3. The summed E-state index contributed by atoms with van der Waals surface area (Å²) in [5, 5.41) is 0. The molecular formula is C13H19NO2. The van der Waals surface area contributed by atoms with Crippen molar-refractivity contribution in [1.29, 1.82) is 0 Å². The Morgan fingerprint density at radius 3 is 2.25 bits per heavy atom. The van der Waals surface area contributed by atoms with E-state index in [2.05, 4.69) is 4.99 Å². The molecular weight excluding hydrogens is 202 g/mol. The Balaban J connectivity index is 4.20. The van der Waals surface area contributed by atoms with Gasteiger partial charge in [-0.05, 0) is 32.8 Å². The standard InChI is InChI=1S/C13H19NO2/c1-10(7-5-6-8-11(2)15)9-14-12(3)13(4)16/h5,7,9H,6,8H2,1-4H3/b7-5+,10-9-,14-12?. The molecule has 0 atom stereocenters. The molecule has 0 aliphatic carbocycles. The van der Waals surface area contributed by atoms with Crippen LogP contribution in [0.15, 0.2) is 28.9 Å². The average molecular weight is 221 g/mol. The Hall–Kier alpha value is -1.51. The van der Waals surface area contributed by atoms with E-state index in [0.717, 1.165) is 12.0 Å². The molecule has 88 valence electrons. The van der Waals surface area contributed by atoms with Gasteiger partial charge in [0, 0.05) is 19.5 Å². The lowest BCUT2D eigenvalue weighted by Gasteiger charge is -1.92. The summed E-state index contributed by atoms with van der Waals surface area (Å²) in [5.41, 5.74) is 1.46. The van der Waals surface area contributed by atoms with Crippen molar-refractivity contribution in [2.75, 3.05) is 0 Å². The molecule has 0 amide bonds. The third-order valence-corrected chi connectivity index (χ3v) is 2.02. The molecule has 3 nitrogen and oxygen atoms in total. The van der Waals surface area contributed by atoms with Crippen molar-refractivity contribution in [3.63, 3.8) is 0 Å². The second-order valence-corrected chi connectivity index (χ2v) is 3.79. The van der Waals surface area contributed by atoms with Crippen molar-refractivity contribution in [2.24, 2.45) is 4.99 Å². The van der Waals surface area contributed by atoms with Gasteiger partial charge >= 0.3 is 0 Å². The molecule has 0 fully saturated rings. The largest absolute Gasteiger partial charge is 0.300 e. The summed E-state index contributed by atoms with van der Waals surface area (Å²) in [6.07, 6.45) is 6.81. The number of rotatable bonds is 6. The van der Waals surface area contributed by atoms with E-state index >= 15 is 0 Å². The number of hydrogen-bond donors (Lipinski definition) is 0. The number of aliphatic imine (C=N–C) groups is 1. The monoisotopic (exact) mass is 221 g/mol. The first-order chi connectivity index (χ1) is 7.43. The first-order valence-corrected chi connectivity index (χ1v) is 5.31. The van der Waals surface area contributed by atoms with Gasteiger partial charge in [-0.25, -0.2) is 0 Å². The Morgan fingerprint density at radius 1 is 1.12 bits per heavy atom. The fourth-order valence-corrected chi connectivity index (χ4v) is 0.888. The van der Waals surface area contributed by atoms with Gasteiger partial charge in [-0.3, -0.25) is 9.79 Å². The van der Waals surface area contributed by atoms with E-state index < -0.39 is 0 Å². The first kappa shape index (κ1) is 14.5. The van der Waals surface area contributed by atoms with Crippen LogP contribution in [0.1, 0.15) is 40.5 Å². The zero-order valence-electron chi connectivity index (χ0n) is 10.4. The Morgan fingerprint density at radius 2 is 1.75 bits per heavy atom. The molecule has 0 radical (unpaired) electrons. The summed E-state index contributed by atoms with van der Waals surface area (Å²) in [6.45, 7) is 6.66. The zero-order chi connectivity index (χ0) is 12.6. The highest BCUT2D eigenvalue weighted by Gasteiger charge is 1.94. The van der Waals surface area contributed by atoms with Gasteiger partial charge in [0.15, 0.2) is 5.78 Å². The van der Waals surface area contributed by atoms with Crippen molar-refractivity contribution in [3.05, 3.63) is 23.9 Å². The van der Waals surface area contributed by atoms with Crippen LogP contribution in [0.3, 0.4) is 0 Å². The predicted octanol–water partition coefficient (Wildman–Crippen LogP) is 2.87. The van der Waals surface area contributed by atoms with Gasteiger partial charge < -0.3 is 4.79 Å². The Kier molecular flexibility index (Phi) is 7.01. The number of Topliss-reactive ketones (excluding diaryl/α,β-unsaturated/α-hetero) is 2. The topological polar surface area (TPSA) is 46.5 Å². The number of carbonyl (C=O) groups excluding carboxylic acids is 2. The lowest BCUT2D eigenvalue weighted by atomic mass is 10.2. The molecule has 0 N–H and O–H groups in total. The fraction of sp³-hybridized carbons (Fsp3) is 0.462. The van der Waals surface area contributed by atoms with Gasteiger partial charge in [0.2, 0.25) is 0 Å². The lowest BCUT2D eigenvalue weighted by Crippen LogP contribution is -2.02. The normalized spacial score (nSPS) is 13.2. The van der Waals surface area contributed by atoms with Crippen LogP contribution in [0.5, 0.6) is 0 Å². The minimum atomic E-state index is -0.0235. The van der Waals surface area contributed by atoms with E-state index in [1.165, 1.54) is 6.92 Å². The van der Waals surface area contributed by atoms with Crippen molar-refractivity contribution < 1.29 is 9.59 Å². The van der Waals surface area contributed by atoms with Crippen LogP contribution in [0.25, 0.3) is 0 Å². The maximum absolute atomic E-state index is 10.9. The molecule has 0 aliphatic rings. The van der Waals surface area contributed by atoms with E-state index in [0.29, 0.717) is 12.1 Å². The molecule has 0 bridgehead atoms. The summed E-state index contributed by atoms with van der Waals surface area (Å²) in [5.74, 6) is 0.168. The molecule has 3 heteroatoms. The van der Waals surface area contributed by atoms with Crippen LogP contribution >= 0.6 is 0 Å². The summed E-state index contributed by atoms with van der Waals surface area (Å²) in [7, 11) is 0. The van der Waals surface area contributed by atoms with Gasteiger partial charge in [0.05, 0.1) is 5.71 Å². The number of carbonyl (C=O) groups is 2. The molecule has 0 heterocycles. The Labute approximate surface area is 97.0 Å². The summed E-state index contributed by atoms with van der Waals surface area (Å²) in [4.78, 5) is 25.6. The average Bonchev–Trinajstić information content (AvgIpc) is 2.20. The number of allylic oxidation sites excluding steroid dienone is 3. The highest BCUT2D eigenvalue weighted by Crippen LogP contribution is 1.99. The number of nitrogens with zero attached hydrogens (tertiary/aromatic N) is 1. The molecule has 0 rings (SSSR count). The quantitative estimate of drug-likeness (QED) is 0.511. The van der Waals surface area contributed by atoms with Crippen LogP contribution < -0.4 is 0 Å². The fourth-order valence-electron chi connectivity index (χ4n) is 0.888. The van der Waals surface area contributed by atoms with E-state index in [1.54, 1.807) is 20.0 Å². The second-order valence-electron chi connectivity index (χ2n) is 3.79. The highest BCUT2D eigenvalue weighted by molar-refractivity contribution is 6.38. The smallest absolute Gasteiger partial charge is 0.173 e. The molecule has 0 saturated heterocycles. The third-order valence-electron chi connectivity index (χ3n) is 2.02. The van der Waals surface area contributed by atoms with Crippen LogP contribution in [0, 0.1) is 0 Å². The summed E-state index contributed by atoms with van der Waals surface area (Å²) < 4.78 is 0. The predicted molar refractivity (Wildman–Crippen MR) is 66.6 cm³/mol. The van der Waals surface area contributed by atoms with E-state index in [1.807, 2.05) is 19.1 Å². The summed E-state index contributed by atoms with van der Waals surface area (Å²) >= 11 is 0. The van der Waals surface area contributed by atoms with Crippen LogP contribution in [0.2, 0.25) is 0 Å². The lowest BCUT2D eigenvalue weighted by molar-refractivity contribution is -0.117. The van der Waals surface area contributed by atoms with Crippen molar-refractivity contribution in [1.82, 2.24) is 0 Å². The number of ketones is 2. The molecule has 0 spiro atoms. The zero-order valence-corrected chi connectivity index (χ0v) is 10.4. The highest BCUT2D eigenvalue weighted by atomic mass is 16.1. The minimum absolute atomic E-state index is 0.0235. The van der Waals surface area contributed by atoms with Crippen molar-refractivity contribution >= 4 is 17.3 Å². The van der Waals surface area contributed by atoms with Gasteiger partial charge in [-0.15, -0.1) is 0 Å². The first-order valence-electron chi connectivity index (χ1n) is 5.31. The molecule has 0 aromatic rings. The van der Waals surface area contributed by atoms with Crippen LogP contribution in [0.4, 0.5) is 0 Å².